The van der Waals surface area contributed by atoms with Gasteiger partial charge in [-0.05, 0) is 24.6 Å². The molecule has 0 aliphatic carbocycles. The van der Waals surface area contributed by atoms with Crippen LogP contribution in [0.4, 0.5) is 5.69 Å². The Hall–Kier alpha value is -2.77. The lowest BCUT2D eigenvalue weighted by Gasteiger charge is -2.42. The summed E-state index contributed by atoms with van der Waals surface area (Å²) in [5, 5.41) is 0. The van der Waals surface area contributed by atoms with Gasteiger partial charge in [0.25, 0.3) is 0 Å². The fourth-order valence-corrected chi connectivity index (χ4v) is 5.17. The quantitative estimate of drug-likeness (QED) is 0.710. The summed E-state index contributed by atoms with van der Waals surface area (Å²) in [7, 11) is 0. The predicted molar refractivity (Wildman–Crippen MR) is 121 cm³/mol. The average Bonchev–Trinajstić information content (AvgIpc) is 3.30. The zero-order chi connectivity index (χ0) is 22.8. The molecule has 0 bridgehead atoms. The van der Waals surface area contributed by atoms with E-state index in [9.17, 15) is 4.79 Å². The van der Waals surface area contributed by atoms with Gasteiger partial charge in [0.1, 0.15) is 31.0 Å². The molecule has 1 saturated heterocycles. The van der Waals surface area contributed by atoms with Crippen molar-refractivity contribution in [2.24, 2.45) is 5.41 Å². The van der Waals surface area contributed by atoms with Gasteiger partial charge in [0.15, 0.2) is 17.3 Å². The fraction of sp³-hybridized carbons (Fsp3) is 0.500. The smallest absolute Gasteiger partial charge is 0.245 e. The highest BCUT2D eigenvalue weighted by Crippen LogP contribution is 2.54. The number of rotatable bonds is 3. The summed E-state index contributed by atoms with van der Waals surface area (Å²) < 4.78 is 29.8. The molecule has 0 radical (unpaired) electrons. The molecule has 0 N–H and O–H groups in total. The molecule has 174 valence electrons. The number of amides is 1. The molecule has 0 saturated carbocycles. The van der Waals surface area contributed by atoms with Crippen LogP contribution in [0.5, 0.6) is 17.2 Å². The maximum Gasteiger partial charge on any atom is 0.245 e. The van der Waals surface area contributed by atoms with Gasteiger partial charge in [0.2, 0.25) is 5.91 Å². The van der Waals surface area contributed by atoms with E-state index in [1.807, 2.05) is 48.2 Å². The molecule has 7 heteroatoms. The number of benzene rings is 2. The summed E-state index contributed by atoms with van der Waals surface area (Å²) in [6.07, 6.45) is 0.577. The van der Waals surface area contributed by atoms with Gasteiger partial charge in [-0.15, -0.1) is 0 Å². The Morgan fingerprint density at radius 1 is 0.848 bits per heavy atom. The highest BCUT2D eigenvalue weighted by Gasteiger charge is 2.57. The predicted octanol–water partition coefficient (Wildman–Crippen LogP) is 3.66. The summed E-state index contributed by atoms with van der Waals surface area (Å²) in [6.45, 7) is 9.23. The van der Waals surface area contributed by atoms with E-state index in [-0.39, 0.29) is 17.9 Å². The molecule has 1 unspecified atom stereocenters. The van der Waals surface area contributed by atoms with Crippen LogP contribution in [0, 0.1) is 5.41 Å². The number of anilines is 1. The lowest BCUT2D eigenvalue weighted by atomic mass is 9.77. The number of hydrogen-bond donors (Lipinski definition) is 0. The van der Waals surface area contributed by atoms with Gasteiger partial charge in [-0.2, -0.15) is 0 Å². The van der Waals surface area contributed by atoms with Crippen molar-refractivity contribution in [1.29, 1.82) is 0 Å². The van der Waals surface area contributed by atoms with Crippen molar-refractivity contribution in [3.05, 3.63) is 47.5 Å². The Morgan fingerprint density at radius 2 is 1.55 bits per heavy atom. The second-order valence-electron chi connectivity index (χ2n) is 10.3. The minimum absolute atomic E-state index is 0.00451. The molecule has 1 fully saturated rings. The lowest BCUT2D eigenvalue weighted by molar-refractivity contribution is -0.290. The molecule has 1 spiro atoms. The normalized spacial score (nSPS) is 26.2. The van der Waals surface area contributed by atoms with E-state index < -0.39 is 11.2 Å². The van der Waals surface area contributed by atoms with E-state index in [2.05, 4.69) is 13.8 Å². The molecule has 2 aromatic carbocycles. The van der Waals surface area contributed by atoms with Gasteiger partial charge in [-0.3, -0.25) is 4.79 Å². The molecule has 33 heavy (non-hydrogen) atoms. The molecule has 4 aliphatic heterocycles. The maximum atomic E-state index is 14.1. The summed E-state index contributed by atoms with van der Waals surface area (Å²) in [5.41, 5.74) is 1.81. The van der Waals surface area contributed by atoms with Crippen molar-refractivity contribution in [2.45, 2.75) is 38.4 Å². The van der Waals surface area contributed by atoms with Crippen LogP contribution in [0.1, 0.15) is 38.3 Å². The molecule has 1 atom stereocenters. The minimum atomic E-state index is -0.890. The monoisotopic (exact) mass is 451 g/mol. The molecule has 0 aromatic heterocycles. The zero-order valence-electron chi connectivity index (χ0n) is 19.3. The molecule has 1 amide bonds. The van der Waals surface area contributed by atoms with Crippen LogP contribution in [0.25, 0.3) is 0 Å². The summed E-state index contributed by atoms with van der Waals surface area (Å²) in [6, 6.07) is 11.8. The van der Waals surface area contributed by atoms with Crippen molar-refractivity contribution in [1.82, 2.24) is 0 Å². The van der Waals surface area contributed by atoms with Gasteiger partial charge in [0, 0.05) is 35.7 Å². The maximum absolute atomic E-state index is 14.1. The van der Waals surface area contributed by atoms with Crippen LogP contribution in [-0.4, -0.2) is 51.3 Å². The SMILES string of the molecule is CC1(C)COC(C)(CCN2C(=O)C3(COc4cc5c(cc43)OCCO5)c3ccccc32)OC1. The third-order valence-electron chi connectivity index (χ3n) is 7.14. The molecular weight excluding hydrogens is 422 g/mol. The second-order valence-corrected chi connectivity index (χ2v) is 10.3. The number of ether oxygens (including phenoxy) is 5. The second kappa shape index (κ2) is 7.11. The standard InChI is InChI=1S/C26H29NO6/c1-24(2)14-32-25(3,33-15-24)8-9-27-19-7-5-4-6-17(19)26(23(27)28)16-31-20-13-22-21(12-18(20)26)29-10-11-30-22/h4-7,12-13H,8-11,14-16H2,1-3H3. The highest BCUT2D eigenvalue weighted by molar-refractivity contribution is 6.11. The molecule has 2 aromatic rings. The van der Waals surface area contributed by atoms with Crippen molar-refractivity contribution >= 4 is 11.6 Å². The Labute approximate surface area is 193 Å². The summed E-state index contributed by atoms with van der Waals surface area (Å²) in [5.74, 6) is 1.30. The fourth-order valence-electron chi connectivity index (χ4n) is 5.17. The summed E-state index contributed by atoms with van der Waals surface area (Å²) >= 11 is 0. The van der Waals surface area contributed by atoms with Crippen LogP contribution >= 0.6 is 0 Å². The Morgan fingerprint density at radius 3 is 2.30 bits per heavy atom. The molecular formula is C26H29NO6. The van der Waals surface area contributed by atoms with Crippen molar-refractivity contribution in [3.8, 4) is 17.2 Å². The molecule has 4 heterocycles. The van der Waals surface area contributed by atoms with Crippen LogP contribution < -0.4 is 19.1 Å². The minimum Gasteiger partial charge on any atom is -0.491 e. The van der Waals surface area contributed by atoms with Crippen LogP contribution in [-0.2, 0) is 19.7 Å². The largest absolute Gasteiger partial charge is 0.491 e. The number of carbonyl (C=O) groups excluding carboxylic acids is 1. The number of nitrogens with zero attached hydrogens (tertiary/aromatic N) is 1. The first-order chi connectivity index (χ1) is 15.8. The van der Waals surface area contributed by atoms with Gasteiger partial charge in [0.05, 0.1) is 13.2 Å². The van der Waals surface area contributed by atoms with E-state index in [1.54, 1.807) is 0 Å². The van der Waals surface area contributed by atoms with Crippen LogP contribution in [0.3, 0.4) is 0 Å². The Bertz CT molecular complexity index is 1120. The number of fused-ring (bicyclic) bond motifs is 5. The van der Waals surface area contributed by atoms with Crippen molar-refractivity contribution < 1.29 is 28.5 Å². The topological polar surface area (TPSA) is 66.5 Å². The van der Waals surface area contributed by atoms with Crippen molar-refractivity contribution in [2.75, 3.05) is 44.5 Å². The zero-order valence-corrected chi connectivity index (χ0v) is 19.3. The van der Waals surface area contributed by atoms with Gasteiger partial charge >= 0.3 is 0 Å². The van der Waals surface area contributed by atoms with E-state index in [0.717, 1.165) is 16.8 Å². The first-order valence-electron chi connectivity index (χ1n) is 11.6. The molecule has 7 nitrogen and oxygen atoms in total. The third kappa shape index (κ3) is 3.13. The van der Waals surface area contributed by atoms with E-state index in [4.69, 9.17) is 23.7 Å². The number of hydrogen-bond acceptors (Lipinski definition) is 6. The highest BCUT2D eigenvalue weighted by atomic mass is 16.7. The van der Waals surface area contributed by atoms with Crippen LogP contribution in [0.2, 0.25) is 0 Å². The molecule has 4 aliphatic rings. The Balaban J connectivity index is 1.34. The van der Waals surface area contributed by atoms with Crippen molar-refractivity contribution in [3.63, 3.8) is 0 Å². The average molecular weight is 452 g/mol. The van der Waals surface area contributed by atoms with Gasteiger partial charge in [-0.1, -0.05) is 32.0 Å². The Kier molecular flexibility index (Phi) is 4.48. The summed E-state index contributed by atoms with van der Waals surface area (Å²) in [4.78, 5) is 16.0. The molecule has 6 rings (SSSR count). The van der Waals surface area contributed by atoms with E-state index in [1.165, 1.54) is 0 Å². The van der Waals surface area contributed by atoms with E-state index in [0.29, 0.717) is 56.6 Å². The third-order valence-corrected chi connectivity index (χ3v) is 7.14. The number of para-hydroxylation sites is 1. The van der Waals surface area contributed by atoms with Gasteiger partial charge in [-0.25, -0.2) is 0 Å². The van der Waals surface area contributed by atoms with Gasteiger partial charge < -0.3 is 28.6 Å². The van der Waals surface area contributed by atoms with E-state index >= 15 is 0 Å². The number of carbonyl (C=O) groups is 1. The first kappa shape index (κ1) is 20.8. The van der Waals surface area contributed by atoms with Crippen LogP contribution in [0.15, 0.2) is 36.4 Å². The first-order valence-corrected chi connectivity index (χ1v) is 11.6. The lowest BCUT2D eigenvalue weighted by Crippen LogP contribution is -2.48.